The van der Waals surface area contributed by atoms with Crippen molar-refractivity contribution in [1.29, 1.82) is 0 Å². The second kappa shape index (κ2) is 7.25. The lowest BCUT2D eigenvalue weighted by Gasteiger charge is -2.27. The van der Waals surface area contributed by atoms with Crippen molar-refractivity contribution in [2.45, 2.75) is 45.7 Å². The molecule has 0 bridgehead atoms. The first-order valence-electron chi connectivity index (χ1n) is 6.61. The Morgan fingerprint density at radius 3 is 2.75 bits per heavy atom. The number of methoxy groups -OCH3 is 1. The van der Waals surface area contributed by atoms with Crippen LogP contribution in [0.1, 0.15) is 33.6 Å². The molecule has 1 rings (SSSR count). The second-order valence-corrected chi connectivity index (χ2v) is 5.27. The van der Waals surface area contributed by atoms with E-state index in [9.17, 15) is 0 Å². The number of hydrogen-bond acceptors (Lipinski definition) is 3. The number of hydrogen-bond donors (Lipinski definition) is 1. The molecule has 2 unspecified atom stereocenters. The fourth-order valence-electron chi connectivity index (χ4n) is 2.19. The lowest BCUT2D eigenvalue weighted by molar-refractivity contribution is 0.138. The molecule has 0 saturated carbocycles. The Bertz CT molecular complexity index is 185. The van der Waals surface area contributed by atoms with Gasteiger partial charge in [0.2, 0.25) is 0 Å². The maximum Gasteiger partial charge on any atom is 0.0589 e. The molecule has 3 nitrogen and oxygen atoms in total. The summed E-state index contributed by atoms with van der Waals surface area (Å²) >= 11 is 0. The molecule has 2 atom stereocenters. The van der Waals surface area contributed by atoms with E-state index in [0.29, 0.717) is 12.0 Å². The van der Waals surface area contributed by atoms with Gasteiger partial charge in [-0.15, -0.1) is 0 Å². The van der Waals surface area contributed by atoms with Gasteiger partial charge in [0.15, 0.2) is 0 Å². The van der Waals surface area contributed by atoms with Gasteiger partial charge in [-0.05, 0) is 32.2 Å². The third kappa shape index (κ3) is 4.40. The average molecular weight is 228 g/mol. The lowest BCUT2D eigenvalue weighted by Crippen LogP contribution is -2.43. The lowest BCUT2D eigenvalue weighted by atomic mass is 10.1. The zero-order valence-electron chi connectivity index (χ0n) is 11.3. The Labute approximate surface area is 101 Å². The van der Waals surface area contributed by atoms with Crippen LogP contribution in [-0.2, 0) is 4.74 Å². The highest BCUT2D eigenvalue weighted by atomic mass is 16.5. The van der Waals surface area contributed by atoms with Crippen LogP contribution in [0.2, 0.25) is 0 Å². The Morgan fingerprint density at radius 2 is 2.12 bits per heavy atom. The summed E-state index contributed by atoms with van der Waals surface area (Å²) < 4.78 is 5.15. The van der Waals surface area contributed by atoms with Crippen LogP contribution in [0.25, 0.3) is 0 Å². The normalized spacial score (nSPS) is 24.2. The van der Waals surface area contributed by atoms with Crippen molar-refractivity contribution in [3.8, 4) is 0 Å². The van der Waals surface area contributed by atoms with Gasteiger partial charge in [0.1, 0.15) is 0 Å². The van der Waals surface area contributed by atoms with Gasteiger partial charge in [-0.25, -0.2) is 0 Å². The first kappa shape index (κ1) is 13.9. The number of nitrogens with zero attached hydrogens (tertiary/aromatic N) is 1. The van der Waals surface area contributed by atoms with Crippen LogP contribution >= 0.6 is 0 Å². The van der Waals surface area contributed by atoms with E-state index in [1.165, 1.54) is 19.4 Å². The minimum absolute atomic E-state index is 0.616. The number of ether oxygens (including phenoxy) is 1. The Hall–Kier alpha value is -0.120. The van der Waals surface area contributed by atoms with Crippen molar-refractivity contribution in [3.05, 3.63) is 0 Å². The van der Waals surface area contributed by atoms with Gasteiger partial charge in [0, 0.05) is 32.3 Å². The van der Waals surface area contributed by atoms with Gasteiger partial charge in [-0.3, -0.25) is 4.90 Å². The van der Waals surface area contributed by atoms with E-state index < -0.39 is 0 Å². The van der Waals surface area contributed by atoms with Crippen LogP contribution in [0.15, 0.2) is 0 Å². The predicted octanol–water partition coefficient (Wildman–Crippen LogP) is 1.73. The van der Waals surface area contributed by atoms with Crippen molar-refractivity contribution in [1.82, 2.24) is 10.2 Å². The third-order valence-corrected chi connectivity index (χ3v) is 3.76. The summed E-state index contributed by atoms with van der Waals surface area (Å²) in [6, 6.07) is 1.33. The molecule has 1 heterocycles. The molecule has 1 aliphatic heterocycles. The fraction of sp³-hybridized carbons (Fsp3) is 1.00. The zero-order valence-corrected chi connectivity index (χ0v) is 11.3. The van der Waals surface area contributed by atoms with Gasteiger partial charge < -0.3 is 10.1 Å². The number of likely N-dealkylation sites (tertiary alicyclic amines) is 1. The van der Waals surface area contributed by atoms with Gasteiger partial charge in [-0.2, -0.15) is 0 Å². The van der Waals surface area contributed by atoms with Crippen LogP contribution in [-0.4, -0.2) is 50.3 Å². The van der Waals surface area contributed by atoms with E-state index in [-0.39, 0.29) is 0 Å². The van der Waals surface area contributed by atoms with Crippen LogP contribution < -0.4 is 5.32 Å². The quantitative estimate of drug-likeness (QED) is 0.718. The molecular weight excluding hydrogens is 200 g/mol. The molecule has 1 saturated heterocycles. The first-order chi connectivity index (χ1) is 7.65. The first-order valence-corrected chi connectivity index (χ1v) is 6.61. The van der Waals surface area contributed by atoms with E-state index in [1.54, 1.807) is 7.11 Å². The van der Waals surface area contributed by atoms with Gasteiger partial charge >= 0.3 is 0 Å². The molecule has 0 amide bonds. The smallest absolute Gasteiger partial charge is 0.0589 e. The molecule has 0 aromatic heterocycles. The van der Waals surface area contributed by atoms with Crippen molar-refractivity contribution in [2.24, 2.45) is 5.92 Å². The van der Waals surface area contributed by atoms with E-state index in [2.05, 4.69) is 31.0 Å². The molecule has 3 heteroatoms. The van der Waals surface area contributed by atoms with Crippen LogP contribution in [0, 0.1) is 5.92 Å². The molecule has 0 radical (unpaired) electrons. The van der Waals surface area contributed by atoms with E-state index >= 15 is 0 Å². The monoisotopic (exact) mass is 228 g/mol. The molecule has 0 aromatic carbocycles. The van der Waals surface area contributed by atoms with Gasteiger partial charge in [-0.1, -0.05) is 13.8 Å². The Morgan fingerprint density at radius 1 is 1.38 bits per heavy atom. The highest BCUT2D eigenvalue weighted by Crippen LogP contribution is 2.16. The molecular formula is C13H28N2O. The topological polar surface area (TPSA) is 24.5 Å². The molecule has 96 valence electrons. The number of rotatable bonds is 7. The largest absolute Gasteiger partial charge is 0.383 e. The van der Waals surface area contributed by atoms with Crippen molar-refractivity contribution in [2.75, 3.05) is 33.4 Å². The molecule has 1 fully saturated rings. The van der Waals surface area contributed by atoms with Gasteiger partial charge in [0.05, 0.1) is 6.61 Å². The molecule has 16 heavy (non-hydrogen) atoms. The highest BCUT2D eigenvalue weighted by molar-refractivity contribution is 4.82. The summed E-state index contributed by atoms with van der Waals surface area (Å²) in [5.74, 6) is 0.717. The second-order valence-electron chi connectivity index (χ2n) is 5.27. The molecule has 0 aliphatic carbocycles. The summed E-state index contributed by atoms with van der Waals surface area (Å²) in [6.45, 7) is 11.1. The Balaban J connectivity index is 2.24. The standard InChI is InChI=1S/C13H28N2O/c1-11(2)12(3)14-10-13-6-5-7-15(13)8-9-16-4/h11-14H,5-10H2,1-4H3. The van der Waals surface area contributed by atoms with Crippen molar-refractivity contribution in [3.63, 3.8) is 0 Å². The molecule has 0 aromatic rings. The summed E-state index contributed by atoms with van der Waals surface area (Å²) in [4.78, 5) is 2.56. The van der Waals surface area contributed by atoms with E-state index in [1.807, 2.05) is 0 Å². The van der Waals surface area contributed by atoms with Crippen molar-refractivity contribution < 1.29 is 4.74 Å². The molecule has 1 N–H and O–H groups in total. The maximum absolute atomic E-state index is 5.15. The predicted molar refractivity (Wildman–Crippen MR) is 68.8 cm³/mol. The minimum atomic E-state index is 0.616. The fourth-order valence-corrected chi connectivity index (χ4v) is 2.19. The molecule has 1 aliphatic rings. The maximum atomic E-state index is 5.15. The van der Waals surface area contributed by atoms with E-state index in [4.69, 9.17) is 4.74 Å². The summed E-state index contributed by atoms with van der Waals surface area (Å²) in [6.07, 6.45) is 2.67. The average Bonchev–Trinajstić information content (AvgIpc) is 2.70. The van der Waals surface area contributed by atoms with Gasteiger partial charge in [0.25, 0.3) is 0 Å². The summed E-state index contributed by atoms with van der Waals surface area (Å²) in [7, 11) is 1.78. The van der Waals surface area contributed by atoms with Crippen molar-refractivity contribution >= 4 is 0 Å². The van der Waals surface area contributed by atoms with Crippen LogP contribution in [0.4, 0.5) is 0 Å². The van der Waals surface area contributed by atoms with E-state index in [0.717, 1.165) is 25.7 Å². The molecule has 0 spiro atoms. The van der Waals surface area contributed by atoms with Crippen LogP contribution in [0.5, 0.6) is 0 Å². The highest BCUT2D eigenvalue weighted by Gasteiger charge is 2.24. The summed E-state index contributed by atoms with van der Waals surface area (Å²) in [5.41, 5.74) is 0. The zero-order chi connectivity index (χ0) is 12.0. The minimum Gasteiger partial charge on any atom is -0.383 e. The summed E-state index contributed by atoms with van der Waals surface area (Å²) in [5, 5.41) is 3.65. The third-order valence-electron chi connectivity index (χ3n) is 3.76. The SMILES string of the molecule is COCCN1CCCC1CNC(C)C(C)C. The number of nitrogens with one attached hydrogen (secondary N) is 1. The Kier molecular flexibility index (Phi) is 6.32. The van der Waals surface area contributed by atoms with Crippen LogP contribution in [0.3, 0.4) is 0 Å².